The van der Waals surface area contributed by atoms with Gasteiger partial charge in [0.15, 0.2) is 5.12 Å². The second kappa shape index (κ2) is 5.34. The number of carbonyl (C=O) groups excluding carboxylic acids is 2. The lowest BCUT2D eigenvalue weighted by Crippen LogP contribution is -2.25. The van der Waals surface area contributed by atoms with Crippen LogP contribution in [0.15, 0.2) is 12.4 Å². The number of rotatable bonds is 3. The van der Waals surface area contributed by atoms with E-state index in [0.29, 0.717) is 18.7 Å². The molecule has 0 N–H and O–H groups in total. The highest BCUT2D eigenvalue weighted by molar-refractivity contribution is 8.14. The smallest absolute Gasteiger partial charge is 0.316 e. The van der Waals surface area contributed by atoms with Gasteiger partial charge in [-0.25, -0.2) is 9.97 Å². The van der Waals surface area contributed by atoms with E-state index in [0.717, 1.165) is 0 Å². The maximum absolute atomic E-state index is 11.8. The Labute approximate surface area is 109 Å². The van der Waals surface area contributed by atoms with Crippen LogP contribution in [0.5, 0.6) is 6.01 Å². The quantitative estimate of drug-likeness (QED) is 0.809. The molecule has 2 rings (SSSR count). The predicted molar refractivity (Wildman–Crippen MR) is 67.6 cm³/mol. The molecule has 0 aromatic carbocycles. The molecule has 1 fully saturated rings. The minimum Gasteiger partial charge on any atom is -0.467 e. The predicted octanol–water partition coefficient (Wildman–Crippen LogP) is 0.870. The Morgan fingerprint density at radius 2 is 2.17 bits per heavy atom. The van der Waals surface area contributed by atoms with E-state index in [1.54, 1.807) is 17.3 Å². The van der Waals surface area contributed by atoms with Crippen molar-refractivity contribution in [2.45, 2.75) is 18.6 Å². The van der Waals surface area contributed by atoms with Crippen LogP contribution in [-0.4, -0.2) is 39.9 Å². The van der Waals surface area contributed by atoms with Crippen molar-refractivity contribution in [3.05, 3.63) is 12.4 Å². The van der Waals surface area contributed by atoms with Crippen LogP contribution in [0.3, 0.4) is 0 Å². The molecule has 96 valence electrons. The summed E-state index contributed by atoms with van der Waals surface area (Å²) in [7, 11) is 1.48. The zero-order valence-corrected chi connectivity index (χ0v) is 10.9. The molecule has 0 saturated carbocycles. The van der Waals surface area contributed by atoms with E-state index in [-0.39, 0.29) is 22.3 Å². The second-order valence-corrected chi connectivity index (χ2v) is 5.35. The van der Waals surface area contributed by atoms with Crippen molar-refractivity contribution >= 4 is 28.5 Å². The number of amides is 1. The largest absolute Gasteiger partial charge is 0.467 e. The van der Waals surface area contributed by atoms with Gasteiger partial charge in [-0.1, -0.05) is 11.8 Å². The Bertz CT molecular complexity index is 463. The first kappa shape index (κ1) is 12.8. The molecule has 1 atom stereocenters. The summed E-state index contributed by atoms with van der Waals surface area (Å²) >= 11 is 1.20. The van der Waals surface area contributed by atoms with Gasteiger partial charge in [-0.05, 0) is 0 Å². The Morgan fingerprint density at radius 3 is 2.72 bits per heavy atom. The van der Waals surface area contributed by atoms with Gasteiger partial charge >= 0.3 is 6.01 Å². The van der Waals surface area contributed by atoms with Crippen molar-refractivity contribution in [3.63, 3.8) is 0 Å². The fourth-order valence-corrected chi connectivity index (χ4v) is 2.71. The highest BCUT2D eigenvalue weighted by atomic mass is 32.2. The molecule has 0 bridgehead atoms. The van der Waals surface area contributed by atoms with Crippen LogP contribution in [0.1, 0.15) is 13.3 Å². The van der Waals surface area contributed by atoms with Crippen LogP contribution in [-0.2, 0) is 9.59 Å². The van der Waals surface area contributed by atoms with E-state index in [1.807, 2.05) is 0 Å². The molecule has 2 heterocycles. The lowest BCUT2D eigenvalue weighted by Gasteiger charge is -2.15. The number of anilines is 1. The molecular formula is C11H13N3O3S. The number of aromatic nitrogens is 2. The standard InChI is InChI=1S/C11H13N3O3S/c1-7(15)18-9-3-10(16)14(6-9)8-4-12-11(17-2)13-5-8/h4-5,9H,3,6H2,1-2H3. The third kappa shape index (κ3) is 2.79. The summed E-state index contributed by atoms with van der Waals surface area (Å²) in [5.74, 6) is -0.0116. The molecule has 1 unspecified atom stereocenters. The van der Waals surface area contributed by atoms with Crippen LogP contribution in [0.4, 0.5) is 5.69 Å². The molecule has 18 heavy (non-hydrogen) atoms. The molecule has 1 amide bonds. The normalized spacial score (nSPS) is 19.1. The maximum atomic E-state index is 11.8. The Morgan fingerprint density at radius 1 is 1.50 bits per heavy atom. The SMILES string of the molecule is COc1ncc(N2CC(SC(C)=O)CC2=O)cn1. The van der Waals surface area contributed by atoms with Gasteiger partial charge in [0.25, 0.3) is 0 Å². The van der Waals surface area contributed by atoms with E-state index in [9.17, 15) is 9.59 Å². The van der Waals surface area contributed by atoms with Crippen molar-refractivity contribution < 1.29 is 14.3 Å². The van der Waals surface area contributed by atoms with Gasteiger partial charge in [0.05, 0.1) is 25.2 Å². The fourth-order valence-electron chi connectivity index (χ4n) is 1.79. The van der Waals surface area contributed by atoms with Gasteiger partial charge in [-0.3, -0.25) is 9.59 Å². The molecule has 0 radical (unpaired) electrons. The van der Waals surface area contributed by atoms with E-state index in [1.165, 1.54) is 25.8 Å². The Balaban J connectivity index is 2.08. The molecule has 1 aromatic heterocycles. The topological polar surface area (TPSA) is 72.4 Å². The minimum atomic E-state index is -0.0116. The van der Waals surface area contributed by atoms with Gasteiger partial charge in [-0.2, -0.15) is 0 Å². The zero-order valence-electron chi connectivity index (χ0n) is 10.1. The van der Waals surface area contributed by atoms with E-state index < -0.39 is 0 Å². The molecule has 1 aliphatic heterocycles. The van der Waals surface area contributed by atoms with Gasteiger partial charge < -0.3 is 9.64 Å². The molecule has 1 aliphatic rings. The summed E-state index contributed by atoms with van der Waals surface area (Å²) in [6.07, 6.45) is 3.46. The number of methoxy groups -OCH3 is 1. The Kier molecular flexibility index (Phi) is 3.81. The number of ether oxygens (including phenoxy) is 1. The first-order chi connectivity index (χ1) is 8.60. The summed E-state index contributed by atoms with van der Waals surface area (Å²) in [6, 6.07) is 0.264. The third-order valence-electron chi connectivity index (χ3n) is 2.53. The summed E-state index contributed by atoms with van der Waals surface area (Å²) in [5.41, 5.74) is 0.632. The van der Waals surface area contributed by atoms with E-state index >= 15 is 0 Å². The van der Waals surface area contributed by atoms with Crippen molar-refractivity contribution in [1.82, 2.24) is 9.97 Å². The number of nitrogens with zero attached hydrogens (tertiary/aromatic N) is 3. The lowest BCUT2D eigenvalue weighted by molar-refractivity contribution is -0.117. The average Bonchev–Trinajstić information content (AvgIpc) is 2.69. The summed E-state index contributed by atoms with van der Waals surface area (Å²) < 4.78 is 4.86. The van der Waals surface area contributed by atoms with Gasteiger partial charge in [0.2, 0.25) is 5.91 Å². The molecule has 7 heteroatoms. The first-order valence-corrected chi connectivity index (χ1v) is 6.31. The van der Waals surface area contributed by atoms with Gasteiger partial charge in [-0.15, -0.1) is 0 Å². The number of carbonyl (C=O) groups is 2. The summed E-state index contributed by atoms with van der Waals surface area (Å²) in [6.45, 7) is 2.02. The van der Waals surface area contributed by atoms with E-state index in [2.05, 4.69) is 9.97 Å². The molecule has 1 saturated heterocycles. The number of hydrogen-bond donors (Lipinski definition) is 0. The lowest BCUT2D eigenvalue weighted by atomic mass is 10.4. The summed E-state index contributed by atoms with van der Waals surface area (Å²) in [4.78, 5) is 32.4. The third-order valence-corrected chi connectivity index (χ3v) is 3.51. The maximum Gasteiger partial charge on any atom is 0.316 e. The van der Waals surface area contributed by atoms with Gasteiger partial charge in [0.1, 0.15) is 0 Å². The van der Waals surface area contributed by atoms with Crippen molar-refractivity contribution in [1.29, 1.82) is 0 Å². The molecule has 0 spiro atoms. The van der Waals surface area contributed by atoms with E-state index in [4.69, 9.17) is 4.74 Å². The highest BCUT2D eigenvalue weighted by Gasteiger charge is 2.32. The minimum absolute atomic E-state index is 0.0112. The highest BCUT2D eigenvalue weighted by Crippen LogP contribution is 2.28. The fraction of sp³-hybridized carbons (Fsp3) is 0.455. The van der Waals surface area contributed by atoms with Crippen LogP contribution in [0.25, 0.3) is 0 Å². The van der Waals surface area contributed by atoms with Crippen molar-refractivity contribution in [2.24, 2.45) is 0 Å². The van der Waals surface area contributed by atoms with Crippen LogP contribution in [0, 0.1) is 0 Å². The van der Waals surface area contributed by atoms with Crippen molar-refractivity contribution in [2.75, 3.05) is 18.6 Å². The van der Waals surface area contributed by atoms with Crippen LogP contribution in [0.2, 0.25) is 0 Å². The number of hydrogen-bond acceptors (Lipinski definition) is 6. The number of thioether (sulfide) groups is 1. The first-order valence-electron chi connectivity index (χ1n) is 5.43. The molecule has 0 aliphatic carbocycles. The Hall–Kier alpha value is -1.63. The summed E-state index contributed by atoms with van der Waals surface area (Å²) in [5, 5.41) is 0.0396. The second-order valence-electron chi connectivity index (χ2n) is 3.87. The van der Waals surface area contributed by atoms with Crippen LogP contribution < -0.4 is 9.64 Å². The van der Waals surface area contributed by atoms with Crippen molar-refractivity contribution in [3.8, 4) is 6.01 Å². The average molecular weight is 267 g/mol. The molecule has 1 aromatic rings. The van der Waals surface area contributed by atoms with Crippen LogP contribution >= 0.6 is 11.8 Å². The monoisotopic (exact) mass is 267 g/mol. The molecular weight excluding hydrogens is 254 g/mol. The molecule has 6 nitrogen and oxygen atoms in total. The van der Waals surface area contributed by atoms with Gasteiger partial charge in [0, 0.05) is 25.1 Å². The zero-order chi connectivity index (χ0) is 13.1.